The lowest BCUT2D eigenvalue weighted by Gasteiger charge is -2.38. The van der Waals surface area contributed by atoms with Gasteiger partial charge in [0, 0.05) is 12.7 Å². The molecule has 0 aromatic carbocycles. The molecule has 1 aliphatic carbocycles. The molecule has 1 rings (SSSR count). The van der Waals surface area contributed by atoms with Crippen molar-refractivity contribution in [2.75, 3.05) is 13.7 Å². The van der Waals surface area contributed by atoms with Gasteiger partial charge in [-0.15, -0.1) is 0 Å². The number of methoxy groups -OCH3 is 1. The average molecular weight is 294 g/mol. The van der Waals surface area contributed by atoms with Gasteiger partial charge >= 0.3 is 5.97 Å². The van der Waals surface area contributed by atoms with Crippen molar-refractivity contribution in [1.29, 1.82) is 0 Å². The fourth-order valence-corrected chi connectivity index (χ4v) is 2.55. The number of hydrogen-bond acceptors (Lipinski definition) is 4. The van der Waals surface area contributed by atoms with Gasteiger partial charge in [0.05, 0.1) is 0 Å². The Bertz CT molecular complexity index is 428. The van der Waals surface area contributed by atoms with Gasteiger partial charge in [-0.1, -0.05) is 19.6 Å². The molecule has 0 N–H and O–H groups in total. The lowest BCUT2D eigenvalue weighted by Crippen LogP contribution is -2.40. The molecule has 1 saturated carbocycles. The Kier molecular flexibility index (Phi) is 6.69. The maximum atomic E-state index is 12.0. The second-order valence-corrected chi connectivity index (χ2v) is 5.45. The summed E-state index contributed by atoms with van der Waals surface area (Å²) in [6.07, 6.45) is 6.50. The third-order valence-corrected chi connectivity index (χ3v) is 3.57. The summed E-state index contributed by atoms with van der Waals surface area (Å²) in [6.45, 7) is 11.3. The first-order chi connectivity index (χ1) is 9.95. The molecule has 0 aliphatic heterocycles. The maximum absolute atomic E-state index is 12.0. The lowest BCUT2D eigenvalue weighted by molar-refractivity contribution is -0.157. The minimum absolute atomic E-state index is 0.307. The van der Waals surface area contributed by atoms with Crippen molar-refractivity contribution in [2.45, 2.75) is 51.6 Å². The fraction of sp³-hybridized carbons (Fsp3) is 0.588. The van der Waals surface area contributed by atoms with E-state index >= 15 is 0 Å². The molecule has 0 aromatic rings. The van der Waals surface area contributed by atoms with Crippen molar-refractivity contribution in [2.24, 2.45) is 0 Å². The molecule has 1 fully saturated rings. The Balaban J connectivity index is 2.95. The highest BCUT2D eigenvalue weighted by molar-refractivity contribution is 5.87. The van der Waals surface area contributed by atoms with Crippen LogP contribution in [-0.4, -0.2) is 25.3 Å². The minimum Gasteiger partial charge on any atom is -0.460 e. The van der Waals surface area contributed by atoms with Crippen LogP contribution in [0.4, 0.5) is 0 Å². The lowest BCUT2D eigenvalue weighted by atomic mass is 9.82. The van der Waals surface area contributed by atoms with Crippen molar-refractivity contribution in [3.05, 3.63) is 36.3 Å². The van der Waals surface area contributed by atoms with Crippen molar-refractivity contribution in [1.82, 2.24) is 0 Å². The smallest absolute Gasteiger partial charge is 0.334 e. The summed E-state index contributed by atoms with van der Waals surface area (Å²) in [4.78, 5) is 12.0. The molecule has 0 spiro atoms. The maximum Gasteiger partial charge on any atom is 0.334 e. The third kappa shape index (κ3) is 4.74. The molecule has 4 heteroatoms. The number of carbonyl (C=O) groups excluding carboxylic acids is 1. The predicted octanol–water partition coefficient (Wildman–Crippen LogP) is 3.89. The van der Waals surface area contributed by atoms with Crippen LogP contribution >= 0.6 is 0 Å². The Morgan fingerprint density at radius 3 is 2.33 bits per heavy atom. The number of rotatable bonds is 7. The average Bonchev–Trinajstić information content (AvgIpc) is 2.45. The Hall–Kier alpha value is -1.55. The molecule has 0 bridgehead atoms. The molecule has 0 unspecified atom stereocenters. The molecule has 1 aliphatic rings. The van der Waals surface area contributed by atoms with E-state index < -0.39 is 5.60 Å². The highest BCUT2D eigenvalue weighted by Gasteiger charge is 2.41. The molecule has 0 atom stereocenters. The van der Waals surface area contributed by atoms with Crippen LogP contribution in [0, 0.1) is 0 Å². The van der Waals surface area contributed by atoms with Gasteiger partial charge in [-0.2, -0.15) is 0 Å². The number of esters is 1. The topological polar surface area (TPSA) is 44.8 Å². The normalized spacial score (nSPS) is 18.0. The summed E-state index contributed by atoms with van der Waals surface area (Å²) >= 11 is 0. The highest BCUT2D eigenvalue weighted by Crippen LogP contribution is 2.39. The molecule has 4 nitrogen and oxygen atoms in total. The molecule has 0 radical (unpaired) electrons. The van der Waals surface area contributed by atoms with Crippen LogP contribution < -0.4 is 0 Å². The van der Waals surface area contributed by atoms with Crippen LogP contribution in [0.2, 0.25) is 0 Å². The number of allylic oxidation sites excluding steroid dienone is 1. The first kappa shape index (κ1) is 17.5. The van der Waals surface area contributed by atoms with E-state index in [4.69, 9.17) is 14.2 Å². The zero-order valence-electron chi connectivity index (χ0n) is 13.4. The highest BCUT2D eigenvalue weighted by atomic mass is 16.6. The molecule has 118 valence electrons. The SMILES string of the molecule is C=C(COC)O/C(=C\C)C1(OC(=O)C(=C)C)CCCCC1. The Labute approximate surface area is 127 Å². The van der Waals surface area contributed by atoms with Gasteiger partial charge < -0.3 is 14.2 Å². The van der Waals surface area contributed by atoms with E-state index in [-0.39, 0.29) is 5.97 Å². The van der Waals surface area contributed by atoms with Crippen LogP contribution in [0.15, 0.2) is 36.3 Å². The quantitative estimate of drug-likeness (QED) is 0.406. The summed E-state index contributed by atoms with van der Waals surface area (Å²) in [6, 6.07) is 0. The molecule has 21 heavy (non-hydrogen) atoms. The predicted molar refractivity (Wildman–Crippen MR) is 82.6 cm³/mol. The van der Waals surface area contributed by atoms with E-state index in [0.717, 1.165) is 32.1 Å². The fourth-order valence-electron chi connectivity index (χ4n) is 2.55. The molecular formula is C17H26O4. The molecule has 0 aromatic heterocycles. The van der Waals surface area contributed by atoms with Crippen molar-refractivity contribution >= 4 is 5.97 Å². The van der Waals surface area contributed by atoms with Crippen LogP contribution in [0.1, 0.15) is 46.0 Å². The van der Waals surface area contributed by atoms with Gasteiger partial charge in [-0.25, -0.2) is 4.79 Å². The Morgan fingerprint density at radius 2 is 1.86 bits per heavy atom. The van der Waals surface area contributed by atoms with E-state index in [9.17, 15) is 4.79 Å². The summed E-state index contributed by atoms with van der Waals surface area (Å²) < 4.78 is 16.6. The second-order valence-electron chi connectivity index (χ2n) is 5.45. The number of carbonyl (C=O) groups is 1. The monoisotopic (exact) mass is 294 g/mol. The standard InChI is InChI=1S/C17H26O4/c1-6-15(20-14(4)12-19-5)17(10-8-7-9-11-17)21-16(18)13(2)3/h6H,2,4,7-12H2,1,3,5H3/b15-6-. The van der Waals surface area contributed by atoms with Crippen molar-refractivity contribution in [3.8, 4) is 0 Å². The van der Waals surface area contributed by atoms with Crippen molar-refractivity contribution < 1.29 is 19.0 Å². The summed E-state index contributed by atoms with van der Waals surface area (Å²) in [5, 5.41) is 0. The summed E-state index contributed by atoms with van der Waals surface area (Å²) in [7, 11) is 1.58. The van der Waals surface area contributed by atoms with Crippen LogP contribution in [0.25, 0.3) is 0 Å². The largest absolute Gasteiger partial charge is 0.460 e. The van der Waals surface area contributed by atoms with Gasteiger partial charge in [0.15, 0.2) is 5.60 Å². The van der Waals surface area contributed by atoms with E-state index in [0.29, 0.717) is 23.7 Å². The summed E-state index contributed by atoms with van der Waals surface area (Å²) in [5.74, 6) is 0.762. The molecule has 0 saturated heterocycles. The van der Waals surface area contributed by atoms with Crippen LogP contribution in [0.5, 0.6) is 0 Å². The zero-order chi connectivity index (χ0) is 15.9. The first-order valence-electron chi connectivity index (χ1n) is 7.35. The van der Waals surface area contributed by atoms with E-state index in [1.807, 2.05) is 13.0 Å². The van der Waals surface area contributed by atoms with Crippen LogP contribution in [0.3, 0.4) is 0 Å². The van der Waals surface area contributed by atoms with Gasteiger partial charge in [0.2, 0.25) is 0 Å². The molecule has 0 amide bonds. The van der Waals surface area contributed by atoms with Crippen LogP contribution in [-0.2, 0) is 19.0 Å². The minimum atomic E-state index is -0.709. The van der Waals surface area contributed by atoms with E-state index in [2.05, 4.69) is 13.2 Å². The van der Waals surface area contributed by atoms with Gasteiger partial charge in [0.25, 0.3) is 0 Å². The van der Waals surface area contributed by atoms with Gasteiger partial charge in [0.1, 0.15) is 18.1 Å². The Morgan fingerprint density at radius 1 is 1.24 bits per heavy atom. The first-order valence-corrected chi connectivity index (χ1v) is 7.35. The second kappa shape index (κ2) is 8.03. The van der Waals surface area contributed by atoms with E-state index in [1.54, 1.807) is 14.0 Å². The van der Waals surface area contributed by atoms with E-state index in [1.165, 1.54) is 0 Å². The van der Waals surface area contributed by atoms with Gasteiger partial charge in [-0.05, 0) is 45.6 Å². The number of hydrogen-bond donors (Lipinski definition) is 0. The molecule has 0 heterocycles. The van der Waals surface area contributed by atoms with Crippen molar-refractivity contribution in [3.63, 3.8) is 0 Å². The summed E-state index contributed by atoms with van der Waals surface area (Å²) in [5.41, 5.74) is -0.314. The van der Waals surface area contributed by atoms with Gasteiger partial charge in [-0.3, -0.25) is 0 Å². The zero-order valence-corrected chi connectivity index (χ0v) is 13.4. The number of ether oxygens (including phenoxy) is 3. The molecular weight excluding hydrogens is 268 g/mol. The third-order valence-electron chi connectivity index (χ3n) is 3.57.